The van der Waals surface area contributed by atoms with Crippen molar-refractivity contribution in [3.8, 4) is 0 Å². The summed E-state index contributed by atoms with van der Waals surface area (Å²) in [5.74, 6) is 0. The molecule has 17 heavy (non-hydrogen) atoms. The molecule has 1 heteroatoms. The quantitative estimate of drug-likeness (QED) is 0.505. The highest BCUT2D eigenvalue weighted by Crippen LogP contribution is 2.49. The number of hydrogen-bond donors (Lipinski definition) is 1. The fourth-order valence-electron chi connectivity index (χ4n) is 2.87. The van der Waals surface area contributed by atoms with Crippen molar-refractivity contribution >= 4 is 0 Å². The zero-order valence-electron chi connectivity index (χ0n) is 12.4. The molecule has 0 aromatic heterocycles. The van der Waals surface area contributed by atoms with Crippen molar-refractivity contribution in [2.75, 3.05) is 7.05 Å². The molecule has 0 saturated heterocycles. The maximum atomic E-state index is 3.52. The molecular weight excluding hydrogens is 206 g/mol. The van der Waals surface area contributed by atoms with Crippen LogP contribution in [0.3, 0.4) is 0 Å². The summed E-state index contributed by atoms with van der Waals surface area (Å²) in [7, 11) is 2.14. The van der Waals surface area contributed by atoms with Crippen LogP contribution >= 0.6 is 0 Å². The maximum Gasteiger partial charge on any atom is 0.0118 e. The van der Waals surface area contributed by atoms with Gasteiger partial charge in [-0.25, -0.2) is 0 Å². The van der Waals surface area contributed by atoms with Gasteiger partial charge in [0, 0.05) is 6.04 Å². The summed E-state index contributed by atoms with van der Waals surface area (Å²) >= 11 is 0. The first kappa shape index (κ1) is 15.0. The minimum absolute atomic E-state index is 0.649. The van der Waals surface area contributed by atoms with Crippen molar-refractivity contribution in [1.29, 1.82) is 0 Å². The molecule has 1 saturated carbocycles. The van der Waals surface area contributed by atoms with E-state index in [0.717, 1.165) is 6.04 Å². The highest BCUT2D eigenvalue weighted by atomic mass is 14.9. The molecule has 1 rings (SSSR count). The van der Waals surface area contributed by atoms with E-state index in [1.807, 2.05) is 0 Å². The molecule has 1 atom stereocenters. The second-order valence-electron chi connectivity index (χ2n) is 6.26. The van der Waals surface area contributed by atoms with Crippen LogP contribution < -0.4 is 5.32 Å². The fraction of sp³-hybridized carbons (Fsp3) is 1.00. The van der Waals surface area contributed by atoms with Crippen LogP contribution in [0.4, 0.5) is 0 Å². The number of unbranched alkanes of at least 4 members (excludes halogenated alkanes) is 7. The van der Waals surface area contributed by atoms with Crippen LogP contribution in [0.2, 0.25) is 0 Å². The second-order valence-corrected chi connectivity index (χ2v) is 6.26. The molecule has 1 nitrogen and oxygen atoms in total. The van der Waals surface area contributed by atoms with Gasteiger partial charge in [0.15, 0.2) is 0 Å². The average molecular weight is 239 g/mol. The van der Waals surface area contributed by atoms with Gasteiger partial charge < -0.3 is 5.32 Å². The van der Waals surface area contributed by atoms with Crippen molar-refractivity contribution in [2.45, 2.75) is 90.5 Å². The second kappa shape index (κ2) is 8.13. The van der Waals surface area contributed by atoms with Crippen LogP contribution in [0.15, 0.2) is 0 Å². The molecule has 1 aliphatic carbocycles. The van der Waals surface area contributed by atoms with Gasteiger partial charge in [-0.2, -0.15) is 0 Å². The van der Waals surface area contributed by atoms with Crippen LogP contribution in [0.25, 0.3) is 0 Å². The number of rotatable bonds is 11. The molecule has 0 heterocycles. The highest BCUT2D eigenvalue weighted by molar-refractivity contribution is 4.97. The molecule has 0 spiro atoms. The van der Waals surface area contributed by atoms with Crippen LogP contribution in [0.5, 0.6) is 0 Å². The predicted octanol–water partition coefficient (Wildman–Crippen LogP) is 4.91. The van der Waals surface area contributed by atoms with Crippen LogP contribution in [0, 0.1) is 5.41 Å². The summed E-state index contributed by atoms with van der Waals surface area (Å²) in [6.45, 7) is 4.73. The van der Waals surface area contributed by atoms with Gasteiger partial charge in [0.1, 0.15) is 0 Å². The standard InChI is InChI=1S/C16H33N/c1-4-5-6-7-8-9-10-11-12-15(17-3)16(2)13-14-16/h15,17H,4-14H2,1-3H3. The fourth-order valence-corrected chi connectivity index (χ4v) is 2.87. The van der Waals surface area contributed by atoms with E-state index in [4.69, 9.17) is 0 Å². The van der Waals surface area contributed by atoms with Gasteiger partial charge in [-0.15, -0.1) is 0 Å². The summed E-state index contributed by atoms with van der Waals surface area (Å²) in [4.78, 5) is 0. The molecule has 0 bridgehead atoms. The van der Waals surface area contributed by atoms with Crippen molar-refractivity contribution in [1.82, 2.24) is 5.32 Å². The highest BCUT2D eigenvalue weighted by Gasteiger charge is 2.43. The van der Waals surface area contributed by atoms with E-state index in [0.29, 0.717) is 5.41 Å². The van der Waals surface area contributed by atoms with Crippen molar-refractivity contribution in [3.63, 3.8) is 0 Å². The molecule has 1 unspecified atom stereocenters. The molecule has 1 N–H and O–H groups in total. The predicted molar refractivity (Wildman–Crippen MR) is 77.4 cm³/mol. The Bertz CT molecular complexity index is 184. The Morgan fingerprint density at radius 2 is 1.47 bits per heavy atom. The summed E-state index contributed by atoms with van der Waals surface area (Å²) in [6, 6.07) is 0.780. The number of nitrogens with one attached hydrogen (secondary N) is 1. The van der Waals surface area contributed by atoms with Crippen LogP contribution in [-0.2, 0) is 0 Å². The first-order valence-electron chi connectivity index (χ1n) is 7.90. The molecule has 0 aromatic carbocycles. The van der Waals surface area contributed by atoms with Gasteiger partial charge in [0.2, 0.25) is 0 Å². The zero-order valence-corrected chi connectivity index (χ0v) is 12.4. The third-order valence-electron chi connectivity index (χ3n) is 4.57. The van der Waals surface area contributed by atoms with E-state index >= 15 is 0 Å². The van der Waals surface area contributed by atoms with Crippen LogP contribution in [0.1, 0.15) is 84.5 Å². The monoisotopic (exact) mass is 239 g/mol. The maximum absolute atomic E-state index is 3.52. The normalized spacial score (nSPS) is 19.2. The number of hydrogen-bond acceptors (Lipinski definition) is 1. The van der Waals surface area contributed by atoms with E-state index < -0.39 is 0 Å². The molecule has 0 aromatic rings. The average Bonchev–Trinajstić information content (AvgIpc) is 3.06. The Labute approximate surface area is 109 Å². The van der Waals surface area contributed by atoms with E-state index in [-0.39, 0.29) is 0 Å². The molecule has 0 radical (unpaired) electrons. The first-order chi connectivity index (χ1) is 8.23. The summed E-state index contributed by atoms with van der Waals surface area (Å²) in [5.41, 5.74) is 0.649. The Hall–Kier alpha value is -0.0400. The lowest BCUT2D eigenvalue weighted by Crippen LogP contribution is -2.33. The molecule has 102 valence electrons. The third kappa shape index (κ3) is 5.90. The van der Waals surface area contributed by atoms with Gasteiger partial charge in [0.25, 0.3) is 0 Å². The lowest BCUT2D eigenvalue weighted by molar-refractivity contribution is 0.345. The van der Waals surface area contributed by atoms with E-state index in [9.17, 15) is 0 Å². The van der Waals surface area contributed by atoms with E-state index in [1.165, 1.54) is 70.6 Å². The van der Waals surface area contributed by atoms with Gasteiger partial charge in [0.05, 0.1) is 0 Å². The lowest BCUT2D eigenvalue weighted by atomic mass is 9.93. The molecule has 1 fully saturated rings. The first-order valence-corrected chi connectivity index (χ1v) is 7.90. The molecule has 0 aliphatic heterocycles. The Morgan fingerprint density at radius 1 is 0.941 bits per heavy atom. The Balaban J connectivity index is 1.89. The largest absolute Gasteiger partial charge is 0.316 e. The summed E-state index contributed by atoms with van der Waals surface area (Å²) in [6.07, 6.45) is 15.8. The van der Waals surface area contributed by atoms with Gasteiger partial charge in [-0.05, 0) is 31.7 Å². The SMILES string of the molecule is CCCCCCCCCCC(NC)C1(C)CC1. The van der Waals surface area contributed by atoms with Gasteiger partial charge in [-0.1, -0.05) is 65.2 Å². The van der Waals surface area contributed by atoms with Crippen molar-refractivity contribution in [2.24, 2.45) is 5.41 Å². The zero-order chi connectivity index (χ0) is 12.6. The van der Waals surface area contributed by atoms with Crippen molar-refractivity contribution < 1.29 is 0 Å². The molecule has 0 amide bonds. The summed E-state index contributed by atoms with van der Waals surface area (Å²) in [5, 5.41) is 3.52. The van der Waals surface area contributed by atoms with Gasteiger partial charge >= 0.3 is 0 Å². The van der Waals surface area contributed by atoms with Gasteiger partial charge in [-0.3, -0.25) is 0 Å². The Kier molecular flexibility index (Phi) is 7.18. The topological polar surface area (TPSA) is 12.0 Å². The Morgan fingerprint density at radius 3 is 1.94 bits per heavy atom. The van der Waals surface area contributed by atoms with E-state index in [1.54, 1.807) is 0 Å². The summed E-state index contributed by atoms with van der Waals surface area (Å²) < 4.78 is 0. The minimum Gasteiger partial charge on any atom is -0.316 e. The molecule has 1 aliphatic rings. The lowest BCUT2D eigenvalue weighted by Gasteiger charge is -2.22. The van der Waals surface area contributed by atoms with Crippen molar-refractivity contribution in [3.05, 3.63) is 0 Å². The third-order valence-corrected chi connectivity index (χ3v) is 4.57. The van der Waals surface area contributed by atoms with E-state index in [2.05, 4.69) is 26.2 Å². The molecular formula is C16H33N. The van der Waals surface area contributed by atoms with Crippen LogP contribution in [-0.4, -0.2) is 13.1 Å². The minimum atomic E-state index is 0.649. The smallest absolute Gasteiger partial charge is 0.0118 e.